The second-order valence-corrected chi connectivity index (χ2v) is 9.32. The molecule has 1 saturated carbocycles. The van der Waals surface area contributed by atoms with E-state index in [1.54, 1.807) is 11.6 Å². The van der Waals surface area contributed by atoms with Crippen LogP contribution in [0.2, 0.25) is 0 Å². The molecule has 0 radical (unpaired) electrons. The van der Waals surface area contributed by atoms with Crippen molar-refractivity contribution in [2.24, 2.45) is 18.2 Å². The maximum absolute atomic E-state index is 13.2. The zero-order valence-corrected chi connectivity index (χ0v) is 17.8. The molecule has 2 aliphatic heterocycles. The average molecular weight is 410 g/mol. The van der Waals surface area contributed by atoms with Gasteiger partial charge in [-0.25, -0.2) is 0 Å². The van der Waals surface area contributed by atoms with Gasteiger partial charge in [0.25, 0.3) is 5.56 Å². The Labute approximate surface area is 177 Å². The highest BCUT2D eigenvalue weighted by molar-refractivity contribution is 5.74. The minimum Gasteiger partial charge on any atom is -0.383 e. The quantitative estimate of drug-likeness (QED) is 0.807. The zero-order valence-electron chi connectivity index (χ0n) is 17.8. The molecule has 160 valence electrons. The van der Waals surface area contributed by atoms with Crippen LogP contribution in [0.4, 0.5) is 11.8 Å². The Morgan fingerprint density at radius 3 is 2.40 bits per heavy atom. The van der Waals surface area contributed by atoms with Crippen molar-refractivity contribution in [3.8, 4) is 11.1 Å². The number of rotatable bonds is 3. The number of anilines is 2. The van der Waals surface area contributed by atoms with Crippen LogP contribution in [0.25, 0.3) is 11.1 Å². The molecule has 3 fully saturated rings. The largest absolute Gasteiger partial charge is 0.383 e. The number of ether oxygens (including phenoxy) is 1. The van der Waals surface area contributed by atoms with E-state index in [4.69, 9.17) is 16.2 Å². The number of aromatic nitrogens is 2. The topological polar surface area (TPSA) is 99.4 Å². The van der Waals surface area contributed by atoms with Crippen molar-refractivity contribution in [1.82, 2.24) is 9.55 Å². The molecule has 3 aliphatic rings. The zero-order chi connectivity index (χ0) is 21.0. The summed E-state index contributed by atoms with van der Waals surface area (Å²) in [7, 11) is 1.78. The lowest BCUT2D eigenvalue weighted by Gasteiger charge is -2.41. The van der Waals surface area contributed by atoms with E-state index in [0.29, 0.717) is 29.9 Å². The smallest absolute Gasteiger partial charge is 0.264 e. The van der Waals surface area contributed by atoms with Gasteiger partial charge in [0.05, 0.1) is 18.3 Å². The van der Waals surface area contributed by atoms with E-state index in [1.807, 2.05) is 19.1 Å². The van der Waals surface area contributed by atoms with Gasteiger partial charge in [0.2, 0.25) is 5.95 Å². The highest BCUT2D eigenvalue weighted by Gasteiger charge is 2.47. The maximum atomic E-state index is 13.2. The predicted octanol–water partition coefficient (Wildman–Crippen LogP) is 2.24. The fraction of sp³-hybridized carbons (Fsp3) is 0.565. The van der Waals surface area contributed by atoms with Gasteiger partial charge in [-0.3, -0.25) is 9.36 Å². The number of nitrogen functional groups attached to an aromatic ring is 1. The lowest BCUT2D eigenvalue weighted by molar-refractivity contribution is 0.0973. The molecular weight excluding hydrogens is 378 g/mol. The molecule has 1 aromatic carbocycles. The summed E-state index contributed by atoms with van der Waals surface area (Å²) >= 11 is 0. The third kappa shape index (κ3) is 3.11. The van der Waals surface area contributed by atoms with Crippen molar-refractivity contribution in [2.75, 3.05) is 30.3 Å². The molecular formula is C23H31N5O2. The molecule has 0 unspecified atom stereocenters. The molecule has 1 aliphatic carbocycles. The first kappa shape index (κ1) is 19.6. The van der Waals surface area contributed by atoms with Crippen LogP contribution in [0.3, 0.4) is 0 Å². The van der Waals surface area contributed by atoms with Crippen molar-refractivity contribution >= 4 is 11.8 Å². The van der Waals surface area contributed by atoms with Crippen LogP contribution in [-0.4, -0.2) is 41.4 Å². The Morgan fingerprint density at radius 2 is 1.83 bits per heavy atom. The third-order valence-corrected chi connectivity index (χ3v) is 7.43. The second-order valence-electron chi connectivity index (χ2n) is 9.32. The molecule has 5 rings (SSSR count). The summed E-state index contributed by atoms with van der Waals surface area (Å²) in [6.07, 6.45) is 4.47. The Kier molecular flexibility index (Phi) is 4.63. The van der Waals surface area contributed by atoms with Crippen molar-refractivity contribution in [3.05, 3.63) is 40.2 Å². The molecule has 0 bridgehead atoms. The van der Waals surface area contributed by atoms with Gasteiger partial charge in [-0.2, -0.15) is 4.98 Å². The summed E-state index contributed by atoms with van der Waals surface area (Å²) in [5.41, 5.74) is 15.3. The van der Waals surface area contributed by atoms with Crippen LogP contribution < -0.4 is 21.9 Å². The van der Waals surface area contributed by atoms with Crippen LogP contribution in [0, 0.1) is 5.41 Å². The Morgan fingerprint density at radius 1 is 1.17 bits per heavy atom. The SMILES string of the molecule is C[C@@H]1OCC2(CCN(c3nc(N)c(-c4ccc(C5CC5)cc4)c(=O)n3C)CC2)[C@@H]1N. The summed E-state index contributed by atoms with van der Waals surface area (Å²) in [5.74, 6) is 1.61. The molecule has 1 spiro atoms. The minimum absolute atomic E-state index is 0.0313. The fourth-order valence-electron chi connectivity index (χ4n) is 5.12. The van der Waals surface area contributed by atoms with Crippen molar-refractivity contribution < 1.29 is 4.74 Å². The van der Waals surface area contributed by atoms with Gasteiger partial charge in [0.15, 0.2) is 0 Å². The van der Waals surface area contributed by atoms with Crippen LogP contribution >= 0.6 is 0 Å². The molecule has 7 heteroatoms. The Bertz CT molecular complexity index is 1000. The summed E-state index contributed by atoms with van der Waals surface area (Å²) in [6.45, 7) is 4.35. The normalized spacial score (nSPS) is 25.8. The van der Waals surface area contributed by atoms with Crippen molar-refractivity contribution in [3.63, 3.8) is 0 Å². The van der Waals surface area contributed by atoms with Gasteiger partial charge in [-0.05, 0) is 49.7 Å². The van der Waals surface area contributed by atoms with Crippen molar-refractivity contribution in [1.29, 1.82) is 0 Å². The molecule has 30 heavy (non-hydrogen) atoms. The molecule has 4 N–H and O–H groups in total. The van der Waals surface area contributed by atoms with Crippen molar-refractivity contribution in [2.45, 2.75) is 50.7 Å². The van der Waals surface area contributed by atoms with E-state index >= 15 is 0 Å². The minimum atomic E-state index is -0.105. The first-order chi connectivity index (χ1) is 14.4. The van der Waals surface area contributed by atoms with Gasteiger partial charge < -0.3 is 21.1 Å². The number of nitrogens with two attached hydrogens (primary N) is 2. The van der Waals surface area contributed by atoms with Gasteiger partial charge >= 0.3 is 0 Å². The molecule has 0 amide bonds. The summed E-state index contributed by atoms with van der Waals surface area (Å²) in [4.78, 5) is 20.0. The summed E-state index contributed by atoms with van der Waals surface area (Å²) in [6, 6.07) is 8.27. The molecule has 1 aromatic heterocycles. The van der Waals surface area contributed by atoms with E-state index in [9.17, 15) is 4.79 Å². The average Bonchev–Trinajstić information content (AvgIpc) is 3.57. The van der Waals surface area contributed by atoms with Gasteiger partial charge in [0.1, 0.15) is 5.82 Å². The molecule has 2 atom stereocenters. The Balaban J connectivity index is 1.40. The molecule has 2 saturated heterocycles. The highest BCUT2D eigenvalue weighted by Crippen LogP contribution is 2.42. The van der Waals surface area contributed by atoms with E-state index in [-0.39, 0.29) is 23.1 Å². The third-order valence-electron chi connectivity index (χ3n) is 7.43. The van der Waals surface area contributed by atoms with Crippen LogP contribution in [-0.2, 0) is 11.8 Å². The maximum Gasteiger partial charge on any atom is 0.264 e. The standard InChI is InChI=1S/C23H31N5O2/c1-14-19(24)23(13-30-14)9-11-28(12-10-23)22-26-20(25)18(21(29)27(22)2)17-7-5-16(6-8-17)15-3-4-15/h5-8,14-15,19H,3-4,9-13,24-25H2,1-2H3/t14-,19+/m0/s1. The number of benzene rings is 1. The molecule has 7 nitrogen and oxygen atoms in total. The van der Waals surface area contributed by atoms with E-state index in [2.05, 4.69) is 22.0 Å². The van der Waals surface area contributed by atoms with E-state index < -0.39 is 0 Å². The van der Waals surface area contributed by atoms with E-state index in [0.717, 1.165) is 31.5 Å². The van der Waals surface area contributed by atoms with Gasteiger partial charge in [-0.15, -0.1) is 0 Å². The predicted molar refractivity (Wildman–Crippen MR) is 119 cm³/mol. The monoisotopic (exact) mass is 409 g/mol. The lowest BCUT2D eigenvalue weighted by atomic mass is 9.73. The van der Waals surface area contributed by atoms with E-state index in [1.165, 1.54) is 18.4 Å². The number of nitrogens with zero attached hydrogens (tertiary/aromatic N) is 3. The first-order valence-corrected chi connectivity index (χ1v) is 11.0. The number of hydrogen-bond acceptors (Lipinski definition) is 6. The molecule has 3 heterocycles. The number of hydrogen-bond donors (Lipinski definition) is 2. The fourth-order valence-corrected chi connectivity index (χ4v) is 5.12. The first-order valence-electron chi connectivity index (χ1n) is 11.0. The second kappa shape index (κ2) is 7.10. The lowest BCUT2D eigenvalue weighted by Crippen LogP contribution is -2.51. The Hall–Kier alpha value is -2.38. The molecule has 2 aromatic rings. The summed E-state index contributed by atoms with van der Waals surface area (Å²) in [5, 5.41) is 0. The van der Waals surface area contributed by atoms with Crippen LogP contribution in [0.5, 0.6) is 0 Å². The highest BCUT2D eigenvalue weighted by atomic mass is 16.5. The van der Waals surface area contributed by atoms with Crippen LogP contribution in [0.1, 0.15) is 44.1 Å². The number of piperidine rings is 1. The van der Waals surface area contributed by atoms with Gasteiger partial charge in [-0.1, -0.05) is 24.3 Å². The van der Waals surface area contributed by atoms with Gasteiger partial charge in [0, 0.05) is 31.6 Å². The van der Waals surface area contributed by atoms with Crippen LogP contribution in [0.15, 0.2) is 29.1 Å². The summed E-state index contributed by atoms with van der Waals surface area (Å²) < 4.78 is 7.45.